The first kappa shape index (κ1) is 13.1. The van der Waals surface area contributed by atoms with Gasteiger partial charge in [0.1, 0.15) is 5.82 Å². The SMILES string of the molecule is CC(C)(C)CCNc1nc(N)nc2c1CNCC2. The summed E-state index contributed by atoms with van der Waals surface area (Å²) in [6, 6.07) is 0. The maximum atomic E-state index is 5.76. The Morgan fingerprint density at radius 3 is 2.83 bits per heavy atom. The molecule has 18 heavy (non-hydrogen) atoms. The summed E-state index contributed by atoms with van der Waals surface area (Å²) in [5.74, 6) is 1.27. The lowest BCUT2D eigenvalue weighted by molar-refractivity contribution is 0.389. The predicted octanol–water partition coefficient (Wildman–Crippen LogP) is 1.55. The molecule has 0 atom stereocenters. The highest BCUT2D eigenvalue weighted by Crippen LogP contribution is 2.22. The highest BCUT2D eigenvalue weighted by Gasteiger charge is 2.17. The molecule has 2 rings (SSSR count). The van der Waals surface area contributed by atoms with Crippen molar-refractivity contribution in [3.8, 4) is 0 Å². The van der Waals surface area contributed by atoms with Gasteiger partial charge in [-0.3, -0.25) is 0 Å². The van der Waals surface area contributed by atoms with Crippen molar-refractivity contribution >= 4 is 11.8 Å². The molecule has 0 aromatic carbocycles. The van der Waals surface area contributed by atoms with Gasteiger partial charge in [-0.1, -0.05) is 20.8 Å². The second-order valence-electron chi connectivity index (χ2n) is 6.02. The molecule has 0 radical (unpaired) electrons. The molecule has 1 aromatic heterocycles. The van der Waals surface area contributed by atoms with E-state index in [1.54, 1.807) is 0 Å². The molecule has 1 aromatic rings. The lowest BCUT2D eigenvalue weighted by Crippen LogP contribution is -2.27. The second-order valence-corrected chi connectivity index (χ2v) is 6.02. The third-order valence-corrected chi connectivity index (χ3v) is 3.12. The fourth-order valence-electron chi connectivity index (χ4n) is 2.06. The minimum absolute atomic E-state index is 0.323. The molecule has 0 aliphatic carbocycles. The minimum atomic E-state index is 0.323. The van der Waals surface area contributed by atoms with Gasteiger partial charge in [0.2, 0.25) is 5.95 Å². The summed E-state index contributed by atoms with van der Waals surface area (Å²) < 4.78 is 0. The van der Waals surface area contributed by atoms with Crippen LogP contribution in [-0.4, -0.2) is 23.1 Å². The Hall–Kier alpha value is -1.36. The molecule has 1 aliphatic rings. The molecule has 4 N–H and O–H groups in total. The van der Waals surface area contributed by atoms with Gasteiger partial charge in [-0.2, -0.15) is 4.98 Å². The lowest BCUT2D eigenvalue weighted by atomic mass is 9.92. The fourth-order valence-corrected chi connectivity index (χ4v) is 2.06. The zero-order chi connectivity index (χ0) is 13.2. The van der Waals surface area contributed by atoms with Gasteiger partial charge in [0.05, 0.1) is 5.69 Å². The fraction of sp³-hybridized carbons (Fsp3) is 0.692. The van der Waals surface area contributed by atoms with Gasteiger partial charge >= 0.3 is 0 Å². The van der Waals surface area contributed by atoms with E-state index in [1.165, 1.54) is 5.56 Å². The monoisotopic (exact) mass is 249 g/mol. The van der Waals surface area contributed by atoms with Crippen molar-refractivity contribution in [3.63, 3.8) is 0 Å². The van der Waals surface area contributed by atoms with Crippen LogP contribution in [0.2, 0.25) is 0 Å². The Morgan fingerprint density at radius 2 is 2.11 bits per heavy atom. The van der Waals surface area contributed by atoms with E-state index in [9.17, 15) is 0 Å². The second kappa shape index (κ2) is 5.10. The normalized spacial score (nSPS) is 15.3. The summed E-state index contributed by atoms with van der Waals surface area (Å²) in [6.07, 6.45) is 2.02. The lowest BCUT2D eigenvalue weighted by Gasteiger charge is -2.22. The number of hydrogen-bond donors (Lipinski definition) is 3. The molecule has 5 nitrogen and oxygen atoms in total. The van der Waals surface area contributed by atoms with Gasteiger partial charge in [0, 0.05) is 31.6 Å². The Balaban J connectivity index is 2.10. The van der Waals surface area contributed by atoms with Crippen LogP contribution in [0.3, 0.4) is 0 Å². The summed E-state index contributed by atoms with van der Waals surface area (Å²) in [5, 5.41) is 6.75. The van der Waals surface area contributed by atoms with E-state index in [2.05, 4.69) is 41.4 Å². The number of nitrogens with zero attached hydrogens (tertiary/aromatic N) is 2. The molecular formula is C13H23N5. The third-order valence-electron chi connectivity index (χ3n) is 3.12. The molecule has 0 bridgehead atoms. The van der Waals surface area contributed by atoms with E-state index in [4.69, 9.17) is 5.73 Å². The molecule has 2 heterocycles. The standard InChI is InChI=1S/C13H23N5/c1-13(2,3)5-7-16-11-9-8-15-6-4-10(9)17-12(14)18-11/h15H,4-8H2,1-3H3,(H3,14,16,17,18). The van der Waals surface area contributed by atoms with Crippen molar-refractivity contribution in [3.05, 3.63) is 11.3 Å². The van der Waals surface area contributed by atoms with Gasteiger partial charge in [-0.15, -0.1) is 0 Å². The minimum Gasteiger partial charge on any atom is -0.370 e. The van der Waals surface area contributed by atoms with Crippen LogP contribution >= 0.6 is 0 Å². The maximum absolute atomic E-state index is 5.76. The maximum Gasteiger partial charge on any atom is 0.222 e. The molecule has 0 unspecified atom stereocenters. The van der Waals surface area contributed by atoms with Crippen LogP contribution in [-0.2, 0) is 13.0 Å². The number of hydrogen-bond acceptors (Lipinski definition) is 5. The molecule has 0 fully saturated rings. The van der Waals surface area contributed by atoms with E-state index in [0.717, 1.165) is 44.0 Å². The van der Waals surface area contributed by atoms with Crippen molar-refractivity contribution in [1.82, 2.24) is 15.3 Å². The average molecular weight is 249 g/mol. The summed E-state index contributed by atoms with van der Waals surface area (Å²) in [6.45, 7) is 9.41. The van der Waals surface area contributed by atoms with Crippen LogP contribution in [0.25, 0.3) is 0 Å². The number of nitrogens with two attached hydrogens (primary N) is 1. The first-order valence-electron chi connectivity index (χ1n) is 6.55. The number of nitrogen functional groups attached to an aromatic ring is 1. The van der Waals surface area contributed by atoms with Gasteiger partial charge in [0.25, 0.3) is 0 Å². The van der Waals surface area contributed by atoms with E-state index in [0.29, 0.717) is 11.4 Å². The zero-order valence-corrected chi connectivity index (χ0v) is 11.5. The summed E-state index contributed by atoms with van der Waals surface area (Å²) in [5.41, 5.74) is 8.33. The van der Waals surface area contributed by atoms with Crippen LogP contribution in [0.15, 0.2) is 0 Å². The molecule has 0 saturated heterocycles. The molecule has 100 valence electrons. The van der Waals surface area contributed by atoms with E-state index in [1.807, 2.05) is 0 Å². The number of rotatable bonds is 3. The van der Waals surface area contributed by atoms with Crippen LogP contribution in [0, 0.1) is 5.41 Å². The number of anilines is 2. The summed E-state index contributed by atoms with van der Waals surface area (Å²) >= 11 is 0. The van der Waals surface area contributed by atoms with E-state index in [-0.39, 0.29) is 0 Å². The Bertz CT molecular complexity index is 422. The Morgan fingerprint density at radius 1 is 1.33 bits per heavy atom. The van der Waals surface area contributed by atoms with Gasteiger partial charge < -0.3 is 16.4 Å². The number of fused-ring (bicyclic) bond motifs is 1. The number of aromatic nitrogens is 2. The van der Waals surface area contributed by atoms with Crippen molar-refractivity contribution in [2.45, 2.75) is 40.2 Å². The topological polar surface area (TPSA) is 75.9 Å². The molecule has 5 heteroatoms. The Kier molecular flexibility index (Phi) is 3.71. The van der Waals surface area contributed by atoms with E-state index >= 15 is 0 Å². The first-order valence-corrected chi connectivity index (χ1v) is 6.55. The van der Waals surface area contributed by atoms with Crippen LogP contribution in [0.1, 0.15) is 38.4 Å². The third kappa shape index (κ3) is 3.32. The van der Waals surface area contributed by atoms with Crippen molar-refractivity contribution in [1.29, 1.82) is 0 Å². The van der Waals surface area contributed by atoms with Crippen LogP contribution in [0.5, 0.6) is 0 Å². The molecule has 0 spiro atoms. The largest absolute Gasteiger partial charge is 0.370 e. The van der Waals surface area contributed by atoms with Gasteiger partial charge in [0.15, 0.2) is 0 Å². The summed E-state index contributed by atoms with van der Waals surface area (Å²) in [7, 11) is 0. The molecular weight excluding hydrogens is 226 g/mol. The quantitative estimate of drug-likeness (QED) is 0.758. The van der Waals surface area contributed by atoms with Gasteiger partial charge in [-0.25, -0.2) is 4.98 Å². The Labute approximate surface area is 109 Å². The van der Waals surface area contributed by atoms with E-state index < -0.39 is 0 Å². The van der Waals surface area contributed by atoms with Crippen molar-refractivity contribution in [2.75, 3.05) is 24.1 Å². The molecule has 0 saturated carbocycles. The first-order chi connectivity index (χ1) is 8.46. The molecule has 0 amide bonds. The highest BCUT2D eigenvalue weighted by atomic mass is 15.1. The average Bonchev–Trinajstić information content (AvgIpc) is 2.27. The smallest absolute Gasteiger partial charge is 0.222 e. The zero-order valence-electron chi connectivity index (χ0n) is 11.5. The molecule has 1 aliphatic heterocycles. The number of nitrogens with one attached hydrogen (secondary N) is 2. The van der Waals surface area contributed by atoms with Crippen LogP contribution in [0.4, 0.5) is 11.8 Å². The predicted molar refractivity (Wildman–Crippen MR) is 74.4 cm³/mol. The van der Waals surface area contributed by atoms with Crippen molar-refractivity contribution in [2.24, 2.45) is 5.41 Å². The van der Waals surface area contributed by atoms with Gasteiger partial charge in [-0.05, 0) is 11.8 Å². The highest BCUT2D eigenvalue weighted by molar-refractivity contribution is 5.50. The van der Waals surface area contributed by atoms with Crippen LogP contribution < -0.4 is 16.4 Å². The summed E-state index contributed by atoms with van der Waals surface area (Å²) in [4.78, 5) is 8.64. The van der Waals surface area contributed by atoms with Crippen molar-refractivity contribution < 1.29 is 0 Å².